The molecule has 19 heavy (non-hydrogen) atoms. The van der Waals surface area contributed by atoms with Crippen molar-refractivity contribution in [3.63, 3.8) is 0 Å². The highest BCUT2D eigenvalue weighted by molar-refractivity contribution is 5.29. The van der Waals surface area contributed by atoms with Gasteiger partial charge in [-0.3, -0.25) is 5.73 Å². The van der Waals surface area contributed by atoms with Gasteiger partial charge in [0.25, 0.3) is 0 Å². The molecule has 5 heteroatoms. The Morgan fingerprint density at radius 1 is 1.21 bits per heavy atom. The van der Waals surface area contributed by atoms with Crippen LogP contribution >= 0.6 is 0 Å². The fourth-order valence-corrected chi connectivity index (χ4v) is 2.23. The van der Waals surface area contributed by atoms with Gasteiger partial charge in [-0.15, -0.1) is 0 Å². The van der Waals surface area contributed by atoms with Crippen LogP contribution in [-0.2, 0) is 6.18 Å². The van der Waals surface area contributed by atoms with E-state index >= 15 is 0 Å². The van der Waals surface area contributed by atoms with Gasteiger partial charge in [0.05, 0.1) is 5.56 Å². The van der Waals surface area contributed by atoms with Crippen LogP contribution in [0.3, 0.4) is 0 Å². The van der Waals surface area contributed by atoms with E-state index in [4.69, 9.17) is 10.5 Å². The highest BCUT2D eigenvalue weighted by atomic mass is 19.4. The van der Waals surface area contributed by atoms with Crippen LogP contribution in [0.25, 0.3) is 0 Å². The Hall–Kier alpha value is -1.23. The number of hydrogen-bond donors (Lipinski definition) is 1. The summed E-state index contributed by atoms with van der Waals surface area (Å²) in [6, 6.07) is 4.72. The molecular weight excluding hydrogens is 255 g/mol. The Kier molecular flexibility index (Phi) is 3.76. The van der Waals surface area contributed by atoms with E-state index in [0.717, 1.165) is 31.4 Å². The largest absolute Gasteiger partial charge is 0.473 e. The van der Waals surface area contributed by atoms with Crippen molar-refractivity contribution in [1.82, 2.24) is 0 Å². The Balaban J connectivity index is 2.10. The molecule has 1 aliphatic carbocycles. The molecule has 2 nitrogen and oxygen atoms in total. The molecule has 0 amide bonds. The van der Waals surface area contributed by atoms with Crippen LogP contribution in [0.1, 0.15) is 38.2 Å². The summed E-state index contributed by atoms with van der Waals surface area (Å²) in [6.07, 6.45) is -0.682. The molecule has 2 rings (SSSR count). The minimum atomic E-state index is -4.32. The summed E-state index contributed by atoms with van der Waals surface area (Å²) >= 11 is 0. The zero-order valence-electron chi connectivity index (χ0n) is 10.8. The van der Waals surface area contributed by atoms with E-state index in [2.05, 4.69) is 0 Å². The van der Waals surface area contributed by atoms with Crippen molar-refractivity contribution in [2.75, 3.05) is 0 Å². The highest BCUT2D eigenvalue weighted by Crippen LogP contribution is 2.42. The molecule has 1 fully saturated rings. The minimum Gasteiger partial charge on any atom is -0.473 e. The third-order valence-electron chi connectivity index (χ3n) is 3.40. The molecule has 0 aliphatic heterocycles. The van der Waals surface area contributed by atoms with E-state index in [0.29, 0.717) is 18.1 Å². The SMILES string of the molecule is CCCC(N)(Oc1ccc(C(F)(F)F)cc1)C1CC1. The molecule has 106 valence electrons. The summed E-state index contributed by atoms with van der Waals surface area (Å²) < 4.78 is 43.1. The number of benzene rings is 1. The van der Waals surface area contributed by atoms with Crippen LogP contribution in [0.5, 0.6) is 5.75 Å². The van der Waals surface area contributed by atoms with Gasteiger partial charge in [-0.25, -0.2) is 0 Å². The first-order chi connectivity index (χ1) is 8.85. The summed E-state index contributed by atoms with van der Waals surface area (Å²) in [7, 11) is 0. The average molecular weight is 273 g/mol. The van der Waals surface area contributed by atoms with Crippen LogP contribution in [0.4, 0.5) is 13.2 Å². The number of alkyl halides is 3. The summed E-state index contributed by atoms with van der Waals surface area (Å²) in [6.45, 7) is 2.01. The van der Waals surface area contributed by atoms with Crippen LogP contribution in [-0.4, -0.2) is 5.72 Å². The Morgan fingerprint density at radius 2 is 1.79 bits per heavy atom. The second-order valence-corrected chi connectivity index (χ2v) is 5.10. The van der Waals surface area contributed by atoms with Crippen LogP contribution in [0, 0.1) is 5.92 Å². The van der Waals surface area contributed by atoms with E-state index in [-0.39, 0.29) is 0 Å². The standard InChI is InChI=1S/C14H18F3NO/c1-2-9-13(18,10-3-4-10)19-12-7-5-11(6-8-12)14(15,16)17/h5-8,10H,2-4,9,18H2,1H3. The molecular formula is C14H18F3NO. The smallest absolute Gasteiger partial charge is 0.416 e. The van der Waals surface area contributed by atoms with E-state index < -0.39 is 17.5 Å². The molecule has 0 spiro atoms. The number of hydrogen-bond acceptors (Lipinski definition) is 2. The van der Waals surface area contributed by atoms with Gasteiger partial charge in [-0.2, -0.15) is 13.2 Å². The third kappa shape index (κ3) is 3.41. The molecule has 1 atom stereocenters. The molecule has 1 saturated carbocycles. The van der Waals surface area contributed by atoms with Crippen LogP contribution in [0.2, 0.25) is 0 Å². The van der Waals surface area contributed by atoms with Crippen LogP contribution < -0.4 is 10.5 Å². The highest BCUT2D eigenvalue weighted by Gasteiger charge is 2.43. The van der Waals surface area contributed by atoms with Gasteiger partial charge in [-0.1, -0.05) is 13.3 Å². The Bertz CT molecular complexity index is 425. The van der Waals surface area contributed by atoms with Gasteiger partial charge in [0.15, 0.2) is 5.72 Å². The molecule has 1 aliphatic rings. The summed E-state index contributed by atoms with van der Waals surface area (Å²) in [5, 5.41) is 0. The second-order valence-electron chi connectivity index (χ2n) is 5.10. The quantitative estimate of drug-likeness (QED) is 0.824. The van der Waals surface area contributed by atoms with Gasteiger partial charge >= 0.3 is 6.18 Å². The molecule has 0 saturated heterocycles. The minimum absolute atomic E-state index is 0.315. The molecule has 0 heterocycles. The number of rotatable bonds is 5. The maximum atomic E-state index is 12.5. The van der Waals surface area contributed by atoms with E-state index in [1.165, 1.54) is 12.1 Å². The van der Waals surface area contributed by atoms with E-state index in [1.54, 1.807) is 0 Å². The van der Waals surface area contributed by atoms with Gasteiger partial charge in [0.2, 0.25) is 0 Å². The van der Waals surface area contributed by atoms with Crippen molar-refractivity contribution in [2.24, 2.45) is 11.7 Å². The molecule has 2 N–H and O–H groups in total. The Labute approximate surface area is 110 Å². The van der Waals surface area contributed by atoms with Crippen molar-refractivity contribution in [1.29, 1.82) is 0 Å². The lowest BCUT2D eigenvalue weighted by molar-refractivity contribution is -0.137. The van der Waals surface area contributed by atoms with E-state index in [9.17, 15) is 13.2 Å². The first kappa shape index (κ1) is 14.2. The third-order valence-corrected chi connectivity index (χ3v) is 3.40. The summed E-state index contributed by atoms with van der Waals surface area (Å²) in [4.78, 5) is 0. The molecule has 1 aromatic carbocycles. The maximum Gasteiger partial charge on any atom is 0.416 e. The van der Waals surface area contributed by atoms with Crippen molar-refractivity contribution in [3.8, 4) is 5.75 Å². The van der Waals surface area contributed by atoms with Gasteiger partial charge in [-0.05, 0) is 37.1 Å². The fraction of sp³-hybridized carbons (Fsp3) is 0.571. The summed E-state index contributed by atoms with van der Waals surface area (Å²) in [5.74, 6) is 0.714. The first-order valence-electron chi connectivity index (χ1n) is 6.50. The van der Waals surface area contributed by atoms with Crippen molar-refractivity contribution in [2.45, 2.75) is 44.5 Å². The maximum absolute atomic E-state index is 12.5. The predicted octanol–water partition coefficient (Wildman–Crippen LogP) is 3.95. The molecule has 1 unspecified atom stereocenters. The number of halogens is 3. The second kappa shape index (κ2) is 5.04. The van der Waals surface area contributed by atoms with Gasteiger partial charge < -0.3 is 4.74 Å². The zero-order chi connectivity index (χ0) is 14.1. The topological polar surface area (TPSA) is 35.2 Å². The van der Waals surface area contributed by atoms with Crippen LogP contribution in [0.15, 0.2) is 24.3 Å². The molecule has 0 aromatic heterocycles. The molecule has 0 bridgehead atoms. The van der Waals surface area contributed by atoms with Gasteiger partial charge in [0, 0.05) is 12.3 Å². The monoisotopic (exact) mass is 273 g/mol. The van der Waals surface area contributed by atoms with Crippen molar-refractivity contribution in [3.05, 3.63) is 29.8 Å². The van der Waals surface area contributed by atoms with Crippen molar-refractivity contribution < 1.29 is 17.9 Å². The fourth-order valence-electron chi connectivity index (χ4n) is 2.23. The summed E-state index contributed by atoms with van der Waals surface area (Å²) in [5.41, 5.74) is 4.81. The lowest BCUT2D eigenvalue weighted by atomic mass is 10.0. The average Bonchev–Trinajstić information content (AvgIpc) is 3.12. The predicted molar refractivity (Wildman–Crippen MR) is 66.6 cm³/mol. The molecule has 1 aromatic rings. The number of ether oxygens (including phenoxy) is 1. The van der Waals surface area contributed by atoms with Crippen molar-refractivity contribution >= 4 is 0 Å². The lowest BCUT2D eigenvalue weighted by Crippen LogP contribution is -2.48. The normalized spacial score (nSPS) is 19.0. The number of nitrogens with two attached hydrogens (primary N) is 1. The van der Waals surface area contributed by atoms with Gasteiger partial charge in [0.1, 0.15) is 5.75 Å². The Morgan fingerprint density at radius 3 is 2.21 bits per heavy atom. The lowest BCUT2D eigenvalue weighted by Gasteiger charge is -2.30. The molecule has 0 radical (unpaired) electrons. The first-order valence-corrected chi connectivity index (χ1v) is 6.50. The zero-order valence-corrected chi connectivity index (χ0v) is 10.8. The van der Waals surface area contributed by atoms with E-state index in [1.807, 2.05) is 6.92 Å².